The molecule has 0 aliphatic heterocycles. The first-order valence-corrected chi connectivity index (χ1v) is 6.00. The molecule has 0 N–H and O–H groups in total. The fraction of sp³-hybridized carbons (Fsp3) is 1.00. The summed E-state index contributed by atoms with van der Waals surface area (Å²) in [4.78, 5) is 0. The maximum atomic E-state index is 2.65. The van der Waals surface area contributed by atoms with Crippen molar-refractivity contribution in [2.24, 2.45) is 17.8 Å². The van der Waals surface area contributed by atoms with Crippen LogP contribution in [-0.4, -0.2) is 3.92 Å². The summed E-state index contributed by atoms with van der Waals surface area (Å²) >= 11 is 2.65. The van der Waals surface area contributed by atoms with Gasteiger partial charge in [-0.1, -0.05) is 49.8 Å². The van der Waals surface area contributed by atoms with Gasteiger partial charge in [0.25, 0.3) is 0 Å². The zero-order valence-corrected chi connectivity index (χ0v) is 9.97. The average Bonchev–Trinajstić information content (AvgIpc) is 1.85. The molecule has 1 aliphatic rings. The third kappa shape index (κ3) is 2.60. The minimum Gasteiger partial charge on any atom is -0.0823 e. The lowest BCUT2D eigenvalue weighted by Gasteiger charge is -2.33. The maximum Gasteiger partial charge on any atom is 0.0143 e. The molecule has 66 valence electrons. The van der Waals surface area contributed by atoms with Gasteiger partial charge < -0.3 is 0 Å². The zero-order chi connectivity index (χ0) is 8.43. The third-order valence-corrected chi connectivity index (χ3v) is 4.37. The topological polar surface area (TPSA) is 0 Å². The van der Waals surface area contributed by atoms with E-state index in [1.165, 1.54) is 19.3 Å². The zero-order valence-electron chi connectivity index (χ0n) is 7.81. The summed E-state index contributed by atoms with van der Waals surface area (Å²) < 4.78 is 0.941. The molecule has 0 amide bonds. The fourth-order valence-corrected chi connectivity index (χ4v) is 4.14. The average molecular weight is 266 g/mol. The second kappa shape index (κ2) is 4.11. The molecule has 1 aliphatic carbocycles. The van der Waals surface area contributed by atoms with Crippen LogP contribution in [0.1, 0.15) is 40.0 Å². The van der Waals surface area contributed by atoms with E-state index in [4.69, 9.17) is 0 Å². The Balaban J connectivity index is 2.44. The Morgan fingerprint density at radius 2 is 1.91 bits per heavy atom. The van der Waals surface area contributed by atoms with Crippen molar-refractivity contribution in [3.05, 3.63) is 0 Å². The van der Waals surface area contributed by atoms with Gasteiger partial charge in [-0.15, -0.1) is 0 Å². The van der Waals surface area contributed by atoms with Crippen LogP contribution in [0.25, 0.3) is 0 Å². The van der Waals surface area contributed by atoms with Crippen LogP contribution >= 0.6 is 22.6 Å². The SMILES string of the molecule is CC(C)[C@H]1CC[C@H](C)C[C@H]1I. The van der Waals surface area contributed by atoms with Crippen molar-refractivity contribution in [2.45, 2.75) is 44.0 Å². The molecule has 0 spiro atoms. The number of halogens is 1. The van der Waals surface area contributed by atoms with Crippen LogP contribution in [0.4, 0.5) is 0 Å². The van der Waals surface area contributed by atoms with Crippen molar-refractivity contribution in [1.82, 2.24) is 0 Å². The van der Waals surface area contributed by atoms with Gasteiger partial charge in [0.05, 0.1) is 0 Å². The molecule has 1 fully saturated rings. The molecule has 0 nitrogen and oxygen atoms in total. The molecule has 0 heterocycles. The lowest BCUT2D eigenvalue weighted by atomic mass is 9.78. The molecule has 1 saturated carbocycles. The highest BCUT2D eigenvalue weighted by Gasteiger charge is 2.28. The Morgan fingerprint density at radius 1 is 1.27 bits per heavy atom. The number of hydrogen-bond donors (Lipinski definition) is 0. The summed E-state index contributed by atoms with van der Waals surface area (Å²) in [6.45, 7) is 7.13. The molecule has 0 saturated heterocycles. The predicted octanol–water partition coefficient (Wildman–Crippen LogP) is 3.88. The van der Waals surface area contributed by atoms with E-state index >= 15 is 0 Å². The standard InChI is InChI=1S/C10H19I/c1-7(2)9-5-4-8(3)6-10(9)11/h7-10H,4-6H2,1-3H3/t8-,9+,10+/m0/s1. The quantitative estimate of drug-likeness (QED) is 0.499. The molecule has 1 rings (SSSR count). The van der Waals surface area contributed by atoms with Crippen LogP contribution in [0, 0.1) is 17.8 Å². The highest BCUT2D eigenvalue weighted by Crippen LogP contribution is 2.37. The molecular formula is C10H19I. The normalized spacial score (nSPS) is 39.5. The van der Waals surface area contributed by atoms with Crippen LogP contribution in [0.15, 0.2) is 0 Å². The molecule has 0 bridgehead atoms. The van der Waals surface area contributed by atoms with Crippen molar-refractivity contribution >= 4 is 22.6 Å². The van der Waals surface area contributed by atoms with Crippen molar-refractivity contribution in [3.63, 3.8) is 0 Å². The lowest BCUT2D eigenvalue weighted by molar-refractivity contribution is 0.252. The molecule has 0 aromatic carbocycles. The van der Waals surface area contributed by atoms with Crippen LogP contribution < -0.4 is 0 Å². The predicted molar refractivity (Wildman–Crippen MR) is 59.2 cm³/mol. The fourth-order valence-electron chi connectivity index (χ4n) is 2.09. The summed E-state index contributed by atoms with van der Waals surface area (Å²) in [7, 11) is 0. The Labute approximate surface area is 84.3 Å². The van der Waals surface area contributed by atoms with Gasteiger partial charge in [0.1, 0.15) is 0 Å². The Kier molecular flexibility index (Phi) is 3.66. The Bertz CT molecular complexity index is 120. The Morgan fingerprint density at radius 3 is 2.36 bits per heavy atom. The van der Waals surface area contributed by atoms with Crippen molar-refractivity contribution < 1.29 is 0 Å². The second-order valence-electron chi connectivity index (χ2n) is 4.34. The highest BCUT2D eigenvalue weighted by molar-refractivity contribution is 14.1. The number of hydrogen-bond acceptors (Lipinski definition) is 0. The molecule has 0 aromatic heterocycles. The minimum absolute atomic E-state index is 0.893. The lowest BCUT2D eigenvalue weighted by Crippen LogP contribution is -2.27. The number of rotatable bonds is 1. The Hall–Kier alpha value is 0.730. The molecule has 0 unspecified atom stereocenters. The maximum absolute atomic E-state index is 2.65. The van der Waals surface area contributed by atoms with Crippen LogP contribution in [-0.2, 0) is 0 Å². The van der Waals surface area contributed by atoms with Crippen LogP contribution in [0.2, 0.25) is 0 Å². The van der Waals surface area contributed by atoms with Gasteiger partial charge >= 0.3 is 0 Å². The van der Waals surface area contributed by atoms with Crippen molar-refractivity contribution in [3.8, 4) is 0 Å². The van der Waals surface area contributed by atoms with Crippen molar-refractivity contribution in [1.29, 1.82) is 0 Å². The minimum atomic E-state index is 0.893. The first-order valence-electron chi connectivity index (χ1n) is 4.75. The first-order chi connectivity index (χ1) is 5.11. The van der Waals surface area contributed by atoms with E-state index in [1.54, 1.807) is 0 Å². The van der Waals surface area contributed by atoms with Gasteiger partial charge in [-0.05, 0) is 30.6 Å². The van der Waals surface area contributed by atoms with Gasteiger partial charge in [-0.2, -0.15) is 0 Å². The van der Waals surface area contributed by atoms with Crippen molar-refractivity contribution in [2.75, 3.05) is 0 Å². The van der Waals surface area contributed by atoms with E-state index in [-0.39, 0.29) is 0 Å². The monoisotopic (exact) mass is 266 g/mol. The van der Waals surface area contributed by atoms with E-state index in [1.807, 2.05) is 0 Å². The van der Waals surface area contributed by atoms with E-state index in [0.29, 0.717) is 0 Å². The summed E-state index contributed by atoms with van der Waals surface area (Å²) in [5.74, 6) is 2.86. The largest absolute Gasteiger partial charge is 0.0823 e. The number of alkyl halides is 1. The van der Waals surface area contributed by atoms with Gasteiger partial charge in [0.2, 0.25) is 0 Å². The highest BCUT2D eigenvalue weighted by atomic mass is 127. The smallest absolute Gasteiger partial charge is 0.0143 e. The van der Waals surface area contributed by atoms with Gasteiger partial charge in [-0.3, -0.25) is 0 Å². The molecule has 0 aromatic rings. The van der Waals surface area contributed by atoms with Crippen LogP contribution in [0.3, 0.4) is 0 Å². The summed E-state index contributed by atoms with van der Waals surface area (Å²) in [5.41, 5.74) is 0. The van der Waals surface area contributed by atoms with E-state index in [2.05, 4.69) is 43.4 Å². The van der Waals surface area contributed by atoms with E-state index in [0.717, 1.165) is 21.7 Å². The van der Waals surface area contributed by atoms with Gasteiger partial charge in [-0.25, -0.2) is 0 Å². The molecule has 1 heteroatoms. The van der Waals surface area contributed by atoms with E-state index < -0.39 is 0 Å². The molecule has 11 heavy (non-hydrogen) atoms. The molecule has 3 atom stereocenters. The van der Waals surface area contributed by atoms with Crippen LogP contribution in [0.5, 0.6) is 0 Å². The summed E-state index contributed by atoms with van der Waals surface area (Å²) in [5, 5.41) is 0. The third-order valence-electron chi connectivity index (χ3n) is 2.94. The summed E-state index contributed by atoms with van der Waals surface area (Å²) in [6, 6.07) is 0. The van der Waals surface area contributed by atoms with Gasteiger partial charge in [0.15, 0.2) is 0 Å². The first kappa shape index (κ1) is 9.82. The van der Waals surface area contributed by atoms with E-state index in [9.17, 15) is 0 Å². The summed E-state index contributed by atoms with van der Waals surface area (Å²) in [6.07, 6.45) is 4.37. The molecular weight excluding hydrogens is 247 g/mol. The second-order valence-corrected chi connectivity index (χ2v) is 5.94. The van der Waals surface area contributed by atoms with Gasteiger partial charge in [0, 0.05) is 3.92 Å². The molecule has 0 radical (unpaired) electrons.